The second kappa shape index (κ2) is 12.4. The Bertz CT molecular complexity index is 1170. The molecule has 0 aromatic rings. The number of hydrogen-bond donors (Lipinski definition) is 2. The van der Waals surface area contributed by atoms with Crippen molar-refractivity contribution >= 4 is 11.8 Å². The van der Waals surface area contributed by atoms with Crippen molar-refractivity contribution in [1.29, 1.82) is 0 Å². The van der Waals surface area contributed by atoms with Gasteiger partial charge in [0.05, 0.1) is 0 Å². The van der Waals surface area contributed by atoms with Gasteiger partial charge >= 0.3 is 71.6 Å². The molecule has 1 saturated carbocycles. The molecule has 296 valence electrons. The van der Waals surface area contributed by atoms with Crippen LogP contribution >= 0.6 is 0 Å². The van der Waals surface area contributed by atoms with Crippen molar-refractivity contribution in [2.75, 3.05) is 0 Å². The molecule has 0 aromatic carbocycles. The molecule has 0 bridgehead atoms. The van der Waals surface area contributed by atoms with Gasteiger partial charge in [-0.1, -0.05) is 12.8 Å². The molecule has 0 heterocycles. The minimum atomic E-state index is -8.52. The first kappa shape index (κ1) is 45.1. The largest absolute Gasteiger partial charge is 0.460 e. The van der Waals surface area contributed by atoms with Crippen molar-refractivity contribution in [2.24, 2.45) is 0 Å². The van der Waals surface area contributed by atoms with E-state index in [9.17, 15) is 124 Å². The molecule has 0 aliphatic heterocycles. The van der Waals surface area contributed by atoms with E-state index in [-0.39, 0.29) is 0 Å². The third-order valence-corrected chi connectivity index (χ3v) is 6.84. The van der Waals surface area contributed by atoms with E-state index < -0.39 is 121 Å². The molecule has 1 aliphatic rings. The third-order valence-electron chi connectivity index (χ3n) is 6.84. The van der Waals surface area contributed by atoms with Crippen molar-refractivity contribution in [2.45, 2.75) is 109 Å². The average molecular weight is 806 g/mol. The highest BCUT2D eigenvalue weighted by Crippen LogP contribution is 2.62. The normalized spacial score (nSPS) is 20.4. The molecular weight excluding hydrogens is 794 g/mol. The molecule has 1 fully saturated rings. The van der Waals surface area contributed by atoms with Crippen LogP contribution in [0.25, 0.3) is 0 Å². The molecule has 0 unspecified atom stereocenters. The Morgan fingerprint density at radius 1 is 0.340 bits per heavy atom. The summed E-state index contributed by atoms with van der Waals surface area (Å²) in [5, 5.41) is 0.796. The van der Waals surface area contributed by atoms with Gasteiger partial charge in [-0.05, 0) is 12.8 Å². The van der Waals surface area contributed by atoms with Gasteiger partial charge in [-0.2, -0.15) is 114 Å². The highest BCUT2D eigenvalue weighted by atomic mass is 19.4. The van der Waals surface area contributed by atoms with Crippen LogP contribution in [0.3, 0.4) is 0 Å². The zero-order chi connectivity index (χ0) is 40.6. The highest BCUT2D eigenvalue weighted by Gasteiger charge is 2.93. The summed E-state index contributed by atoms with van der Waals surface area (Å²) in [6, 6.07) is -5.71. The van der Waals surface area contributed by atoms with Crippen LogP contribution in [0.2, 0.25) is 0 Å². The molecule has 2 N–H and O–H groups in total. The Morgan fingerprint density at radius 2 is 0.540 bits per heavy atom. The summed E-state index contributed by atoms with van der Waals surface area (Å²) in [6.07, 6.45) is -19.4. The van der Waals surface area contributed by atoms with Crippen LogP contribution in [0.5, 0.6) is 0 Å². The predicted molar refractivity (Wildman–Crippen MR) is 104 cm³/mol. The summed E-state index contributed by atoms with van der Waals surface area (Å²) in [4.78, 5) is 23.5. The van der Waals surface area contributed by atoms with E-state index in [4.69, 9.17) is 0 Å². The van der Waals surface area contributed by atoms with Gasteiger partial charge in [0.1, 0.15) is 0 Å². The third kappa shape index (κ3) is 6.29. The predicted octanol–water partition coefficient (Wildman–Crippen LogP) is 8.01. The number of carbonyl (C=O) groups is 2. The number of rotatable bonds is 12. The molecule has 0 radical (unpaired) electrons. The van der Waals surface area contributed by atoms with Gasteiger partial charge in [0, 0.05) is 12.1 Å². The van der Waals surface area contributed by atoms with E-state index in [2.05, 4.69) is 0 Å². The maximum atomic E-state index is 14.1. The Morgan fingerprint density at radius 3 is 0.740 bits per heavy atom. The Kier molecular flexibility index (Phi) is 11.2. The molecule has 0 spiro atoms. The van der Waals surface area contributed by atoms with Crippen LogP contribution in [0, 0.1) is 0 Å². The molecule has 2 atom stereocenters. The van der Waals surface area contributed by atoms with E-state index in [1.54, 1.807) is 0 Å². The Balaban J connectivity index is 3.47. The number of carbonyl (C=O) groups excluding carboxylic acids is 2. The summed E-state index contributed by atoms with van der Waals surface area (Å²) in [5.41, 5.74) is 0. The fourth-order valence-corrected chi connectivity index (χ4v) is 3.82. The maximum absolute atomic E-state index is 14.1. The van der Waals surface area contributed by atoms with E-state index in [1.807, 2.05) is 0 Å². The highest BCUT2D eigenvalue weighted by molar-refractivity contribution is 5.86. The Labute approximate surface area is 256 Å². The van der Waals surface area contributed by atoms with Crippen LogP contribution in [-0.4, -0.2) is 95.5 Å². The summed E-state index contributed by atoms with van der Waals surface area (Å²) < 4.78 is 345. The van der Waals surface area contributed by atoms with Crippen molar-refractivity contribution in [3.63, 3.8) is 0 Å². The molecule has 1 rings (SSSR count). The molecule has 30 heteroatoms. The van der Waals surface area contributed by atoms with Crippen LogP contribution in [0.4, 0.5) is 114 Å². The smallest absolute Gasteiger partial charge is 0.346 e. The number of nitrogens with one attached hydrogen (secondary N) is 2. The lowest BCUT2D eigenvalue weighted by Gasteiger charge is -2.41. The van der Waals surface area contributed by atoms with Crippen LogP contribution in [0.15, 0.2) is 0 Å². The van der Waals surface area contributed by atoms with Crippen molar-refractivity contribution in [3.05, 3.63) is 0 Å². The van der Waals surface area contributed by atoms with Crippen LogP contribution in [-0.2, 0) is 9.59 Å². The summed E-state index contributed by atoms with van der Waals surface area (Å²) in [7, 11) is 0. The van der Waals surface area contributed by atoms with Gasteiger partial charge in [-0.25, -0.2) is 0 Å². The average Bonchev–Trinajstić information content (AvgIpc) is 2.91. The van der Waals surface area contributed by atoms with Gasteiger partial charge < -0.3 is 10.6 Å². The summed E-state index contributed by atoms with van der Waals surface area (Å²) in [5.74, 6) is -90.3. The number of amides is 2. The second-order valence-electron chi connectivity index (χ2n) is 10.2. The molecule has 0 aromatic heterocycles. The first-order valence-electron chi connectivity index (χ1n) is 12.0. The minimum Gasteiger partial charge on any atom is -0.346 e. The fraction of sp³-hybridized carbons (Fsp3) is 0.900. The van der Waals surface area contributed by atoms with Gasteiger partial charge in [-0.15, -0.1) is 0 Å². The Hall–Kier alpha value is -2.88. The van der Waals surface area contributed by atoms with E-state index in [0.29, 0.717) is 10.6 Å². The monoisotopic (exact) mass is 806 g/mol. The first-order chi connectivity index (χ1) is 21.5. The van der Waals surface area contributed by atoms with E-state index in [0.717, 1.165) is 0 Å². The second-order valence-corrected chi connectivity index (χ2v) is 10.2. The first-order valence-corrected chi connectivity index (χ1v) is 12.0. The van der Waals surface area contributed by atoms with Crippen molar-refractivity contribution < 1.29 is 124 Å². The summed E-state index contributed by atoms with van der Waals surface area (Å²) in [6.45, 7) is 0. The van der Waals surface area contributed by atoms with Gasteiger partial charge in [0.2, 0.25) is 0 Å². The number of hydrogen-bond acceptors (Lipinski definition) is 2. The SMILES string of the molecule is O=C(N[C@@H]1CCCC[C@H]1NC(=O)C(F)(F)C(F)(F)C(F)(F)C(F)(F)C(F)(F)C(F)(F)F)C(F)(F)C(F)(F)C(F)(F)C(F)(F)C(F)(F)C(F)(F)F. The standard InChI is InChI=1S/C20H12F26N2O2/c21-9(22,11(25,26)13(29,30)15(33,34)17(37,38)19(41,42)43)7(49)47-5-3-1-2-4-6(5)48-8(50)10(23,24)12(27,28)14(31,32)16(35,36)18(39,40)20(44,45)46/h5-6H,1-4H2,(H,47,49)(H,48,50)/t5-,6-/m1/s1. The molecule has 1 aliphatic carbocycles. The van der Waals surface area contributed by atoms with E-state index in [1.165, 1.54) is 0 Å². The zero-order valence-electron chi connectivity index (χ0n) is 22.6. The van der Waals surface area contributed by atoms with Crippen molar-refractivity contribution in [1.82, 2.24) is 10.6 Å². The lowest BCUT2D eigenvalue weighted by Crippen LogP contribution is -2.73. The number of halogens is 26. The van der Waals surface area contributed by atoms with Gasteiger partial charge in [0.25, 0.3) is 11.8 Å². The molecule has 50 heavy (non-hydrogen) atoms. The van der Waals surface area contributed by atoms with E-state index >= 15 is 0 Å². The van der Waals surface area contributed by atoms with Crippen LogP contribution < -0.4 is 10.6 Å². The molecule has 0 saturated heterocycles. The van der Waals surface area contributed by atoms with Crippen LogP contribution in [0.1, 0.15) is 25.7 Å². The molecule has 4 nitrogen and oxygen atoms in total. The molecular formula is C20H12F26N2O2. The minimum absolute atomic E-state index is 0.398. The number of alkyl halides is 26. The topological polar surface area (TPSA) is 58.2 Å². The molecule has 2 amide bonds. The van der Waals surface area contributed by atoms with Gasteiger partial charge in [0.15, 0.2) is 0 Å². The zero-order valence-corrected chi connectivity index (χ0v) is 22.6. The maximum Gasteiger partial charge on any atom is 0.460 e. The summed E-state index contributed by atoms with van der Waals surface area (Å²) >= 11 is 0. The fourth-order valence-electron chi connectivity index (χ4n) is 3.82. The quantitative estimate of drug-likeness (QED) is 0.197. The van der Waals surface area contributed by atoms with Crippen molar-refractivity contribution in [3.8, 4) is 0 Å². The lowest BCUT2D eigenvalue weighted by atomic mass is 9.88. The van der Waals surface area contributed by atoms with Gasteiger partial charge in [-0.3, -0.25) is 9.59 Å². The lowest BCUT2D eigenvalue weighted by molar-refractivity contribution is -0.436.